The summed E-state index contributed by atoms with van der Waals surface area (Å²) in [5.74, 6) is 1.20. The first-order valence-corrected chi connectivity index (χ1v) is 8.79. The molecule has 2 nitrogen and oxygen atoms in total. The molecule has 106 valence electrons. The van der Waals surface area contributed by atoms with Gasteiger partial charge in [0.25, 0.3) is 0 Å². The molecule has 1 fully saturated rings. The average molecular weight is 278 g/mol. The van der Waals surface area contributed by atoms with Crippen molar-refractivity contribution in [1.82, 2.24) is 5.32 Å². The summed E-state index contributed by atoms with van der Waals surface area (Å²) in [4.78, 5) is 2.49. The van der Waals surface area contributed by atoms with E-state index in [1.165, 1.54) is 49.4 Å². The molecule has 1 unspecified atom stereocenters. The molecule has 1 aliphatic heterocycles. The second kappa shape index (κ2) is 7.81. The van der Waals surface area contributed by atoms with Crippen molar-refractivity contribution in [2.24, 2.45) is 0 Å². The van der Waals surface area contributed by atoms with Crippen LogP contribution in [0.15, 0.2) is 24.3 Å². The molecule has 0 aromatic heterocycles. The third-order valence-corrected chi connectivity index (χ3v) is 4.60. The van der Waals surface area contributed by atoms with Crippen molar-refractivity contribution >= 4 is 17.4 Å². The van der Waals surface area contributed by atoms with Crippen LogP contribution in [0.3, 0.4) is 0 Å². The number of hydrogen-bond donors (Lipinski definition) is 1. The smallest absolute Gasteiger partial charge is 0.0366 e. The van der Waals surface area contributed by atoms with Gasteiger partial charge in [-0.05, 0) is 43.2 Å². The van der Waals surface area contributed by atoms with Gasteiger partial charge in [-0.15, -0.1) is 0 Å². The molecule has 0 spiro atoms. The number of anilines is 1. The summed E-state index contributed by atoms with van der Waals surface area (Å²) in [6.07, 6.45) is 6.06. The minimum atomic E-state index is 0.633. The van der Waals surface area contributed by atoms with Crippen LogP contribution in [0.5, 0.6) is 0 Å². The first-order chi connectivity index (χ1) is 9.33. The van der Waals surface area contributed by atoms with Crippen molar-refractivity contribution in [3.63, 3.8) is 0 Å². The maximum absolute atomic E-state index is 3.64. The maximum Gasteiger partial charge on any atom is 0.0366 e. The number of benzene rings is 1. The molecule has 0 bridgehead atoms. The van der Waals surface area contributed by atoms with Crippen molar-refractivity contribution in [2.45, 2.75) is 38.8 Å². The van der Waals surface area contributed by atoms with Gasteiger partial charge in [-0.25, -0.2) is 0 Å². The summed E-state index contributed by atoms with van der Waals surface area (Å²) in [6, 6.07) is 9.72. The zero-order valence-corrected chi connectivity index (χ0v) is 13.0. The fourth-order valence-electron chi connectivity index (χ4n) is 2.58. The van der Waals surface area contributed by atoms with Gasteiger partial charge in [0.1, 0.15) is 0 Å². The largest absolute Gasteiger partial charge is 0.372 e. The van der Waals surface area contributed by atoms with Crippen LogP contribution < -0.4 is 10.2 Å². The summed E-state index contributed by atoms with van der Waals surface area (Å²) in [7, 11) is 0. The van der Waals surface area contributed by atoms with Crippen molar-refractivity contribution in [3.8, 4) is 0 Å². The zero-order valence-electron chi connectivity index (χ0n) is 12.2. The lowest BCUT2D eigenvalue weighted by atomic mass is 10.1. The summed E-state index contributed by atoms with van der Waals surface area (Å²) in [5.41, 5.74) is 2.78. The Bertz CT molecular complexity index is 358. The minimum absolute atomic E-state index is 0.633. The molecule has 1 heterocycles. The topological polar surface area (TPSA) is 15.3 Å². The minimum Gasteiger partial charge on any atom is -0.372 e. The molecule has 0 amide bonds. The van der Waals surface area contributed by atoms with Crippen LogP contribution in [0.4, 0.5) is 5.69 Å². The van der Waals surface area contributed by atoms with Crippen LogP contribution in [-0.4, -0.2) is 31.1 Å². The SMILES string of the molecule is CCC(CSC)NCc1ccc(N2CCCC2)cc1. The van der Waals surface area contributed by atoms with Gasteiger partial charge >= 0.3 is 0 Å². The van der Waals surface area contributed by atoms with Gasteiger partial charge in [-0.3, -0.25) is 0 Å². The van der Waals surface area contributed by atoms with E-state index in [9.17, 15) is 0 Å². The van der Waals surface area contributed by atoms with Gasteiger partial charge in [0, 0.05) is 37.1 Å². The van der Waals surface area contributed by atoms with E-state index in [0.29, 0.717) is 6.04 Å². The Balaban J connectivity index is 1.84. The van der Waals surface area contributed by atoms with Crippen LogP contribution in [-0.2, 0) is 6.54 Å². The van der Waals surface area contributed by atoms with Gasteiger partial charge in [0.2, 0.25) is 0 Å². The third-order valence-electron chi connectivity index (χ3n) is 3.86. The number of thioether (sulfide) groups is 1. The molecule has 0 aliphatic carbocycles. The van der Waals surface area contributed by atoms with Crippen LogP contribution in [0.25, 0.3) is 0 Å². The predicted molar refractivity (Wildman–Crippen MR) is 87.2 cm³/mol. The van der Waals surface area contributed by atoms with E-state index in [4.69, 9.17) is 0 Å². The lowest BCUT2D eigenvalue weighted by molar-refractivity contribution is 0.541. The zero-order chi connectivity index (χ0) is 13.5. The molecule has 1 aromatic rings. The van der Waals surface area contributed by atoms with Crippen LogP contribution in [0.1, 0.15) is 31.7 Å². The summed E-state index contributed by atoms with van der Waals surface area (Å²) in [5, 5.41) is 3.64. The molecule has 1 aliphatic rings. The summed E-state index contributed by atoms with van der Waals surface area (Å²) >= 11 is 1.92. The number of nitrogens with one attached hydrogen (secondary N) is 1. The molecule has 1 N–H and O–H groups in total. The summed E-state index contributed by atoms with van der Waals surface area (Å²) in [6.45, 7) is 5.69. The Morgan fingerprint density at radius 3 is 2.47 bits per heavy atom. The molecule has 0 radical (unpaired) electrons. The van der Waals surface area contributed by atoms with Gasteiger partial charge in [-0.2, -0.15) is 11.8 Å². The quantitative estimate of drug-likeness (QED) is 0.821. The van der Waals surface area contributed by atoms with Crippen LogP contribution in [0, 0.1) is 0 Å². The molecular formula is C16H26N2S. The van der Waals surface area contributed by atoms with Crippen LogP contribution in [0.2, 0.25) is 0 Å². The summed E-state index contributed by atoms with van der Waals surface area (Å²) < 4.78 is 0. The number of hydrogen-bond acceptors (Lipinski definition) is 3. The molecule has 2 rings (SSSR count). The van der Waals surface area contributed by atoms with Crippen molar-refractivity contribution < 1.29 is 0 Å². The molecule has 3 heteroatoms. The fourth-order valence-corrected chi connectivity index (χ4v) is 3.34. The van der Waals surface area contributed by atoms with E-state index in [1.54, 1.807) is 0 Å². The van der Waals surface area contributed by atoms with Gasteiger partial charge < -0.3 is 10.2 Å². The Morgan fingerprint density at radius 1 is 1.21 bits per heavy atom. The van der Waals surface area contributed by atoms with E-state index in [0.717, 1.165) is 6.54 Å². The highest BCUT2D eigenvalue weighted by atomic mass is 32.2. The van der Waals surface area contributed by atoms with Crippen LogP contribution >= 0.6 is 11.8 Å². The lowest BCUT2D eigenvalue weighted by Gasteiger charge is -2.19. The Kier molecular flexibility index (Phi) is 6.05. The second-order valence-corrected chi connectivity index (χ2v) is 6.21. The Labute approximate surface area is 122 Å². The monoisotopic (exact) mass is 278 g/mol. The second-order valence-electron chi connectivity index (χ2n) is 5.30. The van der Waals surface area contributed by atoms with E-state index in [-0.39, 0.29) is 0 Å². The normalized spacial score (nSPS) is 16.8. The van der Waals surface area contributed by atoms with Gasteiger partial charge in [0.05, 0.1) is 0 Å². The standard InChI is InChI=1S/C16H26N2S/c1-3-15(13-19-2)17-12-14-6-8-16(9-7-14)18-10-4-5-11-18/h6-9,15,17H,3-5,10-13H2,1-2H3. The molecule has 1 aromatic carbocycles. The van der Waals surface area contributed by atoms with Crippen molar-refractivity contribution in [3.05, 3.63) is 29.8 Å². The highest BCUT2D eigenvalue weighted by molar-refractivity contribution is 7.98. The van der Waals surface area contributed by atoms with Crippen molar-refractivity contribution in [1.29, 1.82) is 0 Å². The lowest BCUT2D eigenvalue weighted by Crippen LogP contribution is -2.30. The van der Waals surface area contributed by atoms with Crippen molar-refractivity contribution in [2.75, 3.05) is 30.0 Å². The third kappa shape index (κ3) is 4.43. The molecule has 1 saturated heterocycles. The van der Waals surface area contributed by atoms with E-state index in [1.807, 2.05) is 11.8 Å². The van der Waals surface area contributed by atoms with Gasteiger partial charge in [-0.1, -0.05) is 19.1 Å². The number of rotatable bonds is 7. The first kappa shape index (κ1) is 14.7. The fraction of sp³-hybridized carbons (Fsp3) is 0.625. The predicted octanol–water partition coefficient (Wildman–Crippen LogP) is 3.52. The van der Waals surface area contributed by atoms with E-state index < -0.39 is 0 Å². The molecule has 0 saturated carbocycles. The highest BCUT2D eigenvalue weighted by Gasteiger charge is 2.11. The van der Waals surface area contributed by atoms with Gasteiger partial charge in [0.15, 0.2) is 0 Å². The first-order valence-electron chi connectivity index (χ1n) is 7.39. The van der Waals surface area contributed by atoms with E-state index >= 15 is 0 Å². The van der Waals surface area contributed by atoms with E-state index in [2.05, 4.69) is 47.7 Å². The Morgan fingerprint density at radius 2 is 1.89 bits per heavy atom. The molecular weight excluding hydrogens is 252 g/mol. The highest BCUT2D eigenvalue weighted by Crippen LogP contribution is 2.20. The maximum atomic E-state index is 3.64. The average Bonchev–Trinajstić information content (AvgIpc) is 2.98. The molecule has 1 atom stereocenters. The number of nitrogens with zero attached hydrogens (tertiary/aromatic N) is 1. The Hall–Kier alpha value is -0.670. The molecule has 19 heavy (non-hydrogen) atoms.